The van der Waals surface area contributed by atoms with Crippen LogP contribution in [0.15, 0.2) is 69.9 Å². The molecule has 8 N–H and O–H groups in total. The normalized spacial score (nSPS) is 14.0. The van der Waals surface area contributed by atoms with Gasteiger partial charge in [0.1, 0.15) is 0 Å². The average Bonchev–Trinajstić information content (AvgIpc) is 3.18. The second-order valence-electron chi connectivity index (χ2n) is 16.5. The van der Waals surface area contributed by atoms with Crippen LogP contribution in [-0.2, 0) is 28.8 Å². The monoisotopic (exact) mass is 905 g/mol. The Morgan fingerprint density at radius 1 is 0.532 bits per heavy atom. The van der Waals surface area contributed by atoms with Crippen molar-refractivity contribution in [2.45, 2.75) is 146 Å². The van der Waals surface area contributed by atoms with Crippen LogP contribution in [0.2, 0.25) is 0 Å². The number of rotatable bonds is 32. The lowest BCUT2D eigenvalue weighted by Gasteiger charge is -2.18. The van der Waals surface area contributed by atoms with Crippen molar-refractivity contribution in [1.29, 1.82) is 0 Å². The number of amides is 2. The Bertz CT molecular complexity index is 1590. The van der Waals surface area contributed by atoms with E-state index in [4.69, 9.17) is 21.7 Å². The van der Waals surface area contributed by atoms with Crippen LogP contribution in [0.25, 0.3) is 0 Å². The highest BCUT2D eigenvalue weighted by Crippen LogP contribution is 2.15. The zero-order valence-corrected chi connectivity index (χ0v) is 41.0. The van der Waals surface area contributed by atoms with Gasteiger partial charge < -0.3 is 32.3 Å². The molecule has 0 aromatic heterocycles. The van der Waals surface area contributed by atoms with Gasteiger partial charge in [-0.3, -0.25) is 28.8 Å². The van der Waals surface area contributed by atoms with Crippen molar-refractivity contribution in [2.24, 2.45) is 23.3 Å². The van der Waals surface area contributed by atoms with Crippen LogP contribution < -0.4 is 22.1 Å². The fourth-order valence-electron chi connectivity index (χ4n) is 5.45. The zero-order valence-electron chi connectivity index (χ0n) is 39.4. The summed E-state index contributed by atoms with van der Waals surface area (Å²) >= 11 is 3.10. The molecule has 2 unspecified atom stereocenters. The van der Waals surface area contributed by atoms with Crippen LogP contribution in [0.5, 0.6) is 0 Å². The maximum absolute atomic E-state index is 12.1. The maximum atomic E-state index is 12.1. The minimum absolute atomic E-state index is 0.158. The topological polar surface area (TPSA) is 219 Å². The van der Waals surface area contributed by atoms with Crippen LogP contribution in [0, 0.1) is 11.8 Å². The maximum Gasteiger partial charge on any atom is 0.306 e. The molecule has 0 saturated carbocycles. The Labute approximate surface area is 381 Å². The lowest BCUT2D eigenvalue weighted by atomic mass is 10.1. The number of hydrogen-bond donors (Lipinski definition) is 6. The molecule has 0 heterocycles. The molecule has 0 aromatic carbocycles. The second kappa shape index (κ2) is 36.7. The molecule has 0 aliphatic heterocycles. The highest BCUT2D eigenvalue weighted by Gasteiger charge is 2.24. The first kappa shape index (κ1) is 60.4. The molecule has 352 valence electrons. The lowest BCUT2D eigenvalue weighted by Crippen LogP contribution is -2.47. The molecule has 14 heteroatoms. The third kappa shape index (κ3) is 34.8. The van der Waals surface area contributed by atoms with E-state index in [-0.39, 0.29) is 37.5 Å². The summed E-state index contributed by atoms with van der Waals surface area (Å²) in [6.07, 6.45) is 21.4. The van der Waals surface area contributed by atoms with Gasteiger partial charge in [0, 0.05) is 35.4 Å². The van der Waals surface area contributed by atoms with Gasteiger partial charge in [0.15, 0.2) is 11.6 Å². The Kier molecular flexibility index (Phi) is 35.8. The molecule has 62 heavy (non-hydrogen) atoms. The standard InChI is InChI=1S/2C24H40N2O4S/c1-17(2)8-6-9-18(3)10-7-11-19(4)12-13-31-16-21(22(27)15-25)26-24(30)20(5)14-23(28)29;1-17(2)8-6-9-18(3)10-7-11-19(4)12-13-31-16-21(22(27)15-25)26-23(28)14-20(5)24(29)30/h8,10,12,20-21H,6-7,9,11,13-16,25H2,1-5H3,(H,26,30)(H,28,29);8,10,12,20-21H,6-7,9,11,13-16,25H2,1-5H3,(H,26,28)(H,29,30)/b2*18-10+,19-12+/t2*20?,21-/m00/s1. The molecule has 0 aliphatic rings. The largest absolute Gasteiger partial charge is 0.481 e. The fraction of sp³-hybridized carbons (Fsp3) is 0.625. The molecule has 0 spiro atoms. The predicted octanol–water partition coefficient (Wildman–Crippen LogP) is 8.52. The highest BCUT2D eigenvalue weighted by molar-refractivity contribution is 7.99. The number of carboxylic acid groups (broad SMARTS) is 2. The first-order valence-corrected chi connectivity index (χ1v) is 24.0. The van der Waals surface area contributed by atoms with Gasteiger partial charge in [0.2, 0.25) is 11.8 Å². The summed E-state index contributed by atoms with van der Waals surface area (Å²) in [5, 5.41) is 23.0. The molecule has 0 aliphatic carbocycles. The first-order chi connectivity index (χ1) is 29.1. The molecular weight excluding hydrogens is 825 g/mol. The molecule has 0 saturated heterocycles. The predicted molar refractivity (Wildman–Crippen MR) is 260 cm³/mol. The minimum atomic E-state index is -1.04. The molecular formula is C48H80N4O8S2. The van der Waals surface area contributed by atoms with Crippen LogP contribution in [-0.4, -0.2) is 93.7 Å². The first-order valence-electron chi connectivity index (χ1n) is 21.7. The molecule has 0 radical (unpaired) electrons. The second-order valence-corrected chi connectivity index (χ2v) is 18.6. The molecule has 0 aromatic rings. The minimum Gasteiger partial charge on any atom is -0.481 e. The van der Waals surface area contributed by atoms with E-state index >= 15 is 0 Å². The van der Waals surface area contributed by atoms with Gasteiger partial charge in [-0.25, -0.2) is 0 Å². The molecule has 0 rings (SSSR count). The number of carbonyl (C=O) groups is 6. The van der Waals surface area contributed by atoms with E-state index in [1.807, 2.05) is 0 Å². The van der Waals surface area contributed by atoms with Gasteiger partial charge in [0.05, 0.1) is 37.5 Å². The fourth-order valence-corrected chi connectivity index (χ4v) is 7.54. The number of carboxylic acids is 2. The van der Waals surface area contributed by atoms with Gasteiger partial charge in [-0.2, -0.15) is 23.5 Å². The van der Waals surface area contributed by atoms with Gasteiger partial charge in [-0.15, -0.1) is 0 Å². The number of thioether (sulfide) groups is 2. The van der Waals surface area contributed by atoms with E-state index in [0.717, 1.165) is 62.9 Å². The van der Waals surface area contributed by atoms with Crippen molar-refractivity contribution in [2.75, 3.05) is 36.1 Å². The molecule has 12 nitrogen and oxygen atoms in total. The van der Waals surface area contributed by atoms with Gasteiger partial charge in [-0.1, -0.05) is 83.7 Å². The van der Waals surface area contributed by atoms with Crippen molar-refractivity contribution in [3.8, 4) is 0 Å². The van der Waals surface area contributed by atoms with E-state index in [1.165, 1.54) is 47.3 Å². The number of aliphatic carboxylic acids is 2. The molecule has 2 amide bonds. The Morgan fingerprint density at radius 2 is 0.903 bits per heavy atom. The van der Waals surface area contributed by atoms with Gasteiger partial charge in [0.25, 0.3) is 0 Å². The summed E-state index contributed by atoms with van der Waals surface area (Å²) in [6, 6.07) is -1.39. The number of carbonyl (C=O) groups excluding carboxylic acids is 4. The van der Waals surface area contributed by atoms with Crippen LogP contribution in [0.4, 0.5) is 0 Å². The third-order valence-corrected chi connectivity index (χ3v) is 11.5. The highest BCUT2D eigenvalue weighted by atomic mass is 32.2. The summed E-state index contributed by atoms with van der Waals surface area (Å²) in [5.41, 5.74) is 19.0. The van der Waals surface area contributed by atoms with Crippen LogP contribution in [0.1, 0.15) is 133 Å². The third-order valence-electron chi connectivity index (χ3n) is 9.59. The van der Waals surface area contributed by atoms with E-state index in [2.05, 4.69) is 102 Å². The van der Waals surface area contributed by atoms with Gasteiger partial charge >= 0.3 is 11.9 Å². The molecule has 0 bridgehead atoms. The number of nitrogens with one attached hydrogen (secondary N) is 2. The number of Topliss-reactive ketones (excluding diaryl/α,β-unsaturated/α-hetero) is 2. The van der Waals surface area contributed by atoms with E-state index < -0.39 is 47.7 Å². The summed E-state index contributed by atoms with van der Waals surface area (Å²) in [7, 11) is 0. The van der Waals surface area contributed by atoms with E-state index in [0.29, 0.717) is 11.5 Å². The number of ketones is 2. The number of nitrogens with two attached hydrogens (primary N) is 2. The van der Waals surface area contributed by atoms with Crippen molar-refractivity contribution in [3.63, 3.8) is 0 Å². The Morgan fingerprint density at radius 3 is 1.26 bits per heavy atom. The quantitative estimate of drug-likeness (QED) is 0.0277. The SMILES string of the molecule is CC(C)=CCC/C(C)=C/CC/C(C)=C/CSC[C@H](NC(=O)C(C)CC(=O)O)C(=O)CN.CC(C)=CCC/C(C)=C/CC/C(C)=C/CSC[C@H](NC(=O)CC(C)C(=O)O)C(=O)CN. The smallest absolute Gasteiger partial charge is 0.306 e. The lowest BCUT2D eigenvalue weighted by molar-refractivity contribution is -0.143. The van der Waals surface area contributed by atoms with Crippen LogP contribution >= 0.6 is 23.5 Å². The summed E-state index contributed by atoms with van der Waals surface area (Å²) in [4.78, 5) is 69.8. The number of allylic oxidation sites excluding steroid dienone is 10. The summed E-state index contributed by atoms with van der Waals surface area (Å²) in [5.74, 6) is -2.65. The van der Waals surface area contributed by atoms with Gasteiger partial charge in [-0.05, 0) is 107 Å². The van der Waals surface area contributed by atoms with Crippen LogP contribution in [0.3, 0.4) is 0 Å². The van der Waals surface area contributed by atoms with Crippen molar-refractivity contribution < 1.29 is 39.0 Å². The zero-order chi connectivity index (χ0) is 47.6. The summed E-state index contributed by atoms with van der Waals surface area (Å²) < 4.78 is 0. The Hall–Kier alpha value is -3.72. The van der Waals surface area contributed by atoms with Crippen molar-refractivity contribution in [3.05, 3.63) is 69.9 Å². The van der Waals surface area contributed by atoms with E-state index in [1.54, 1.807) is 23.5 Å². The van der Waals surface area contributed by atoms with E-state index in [9.17, 15) is 28.8 Å². The average molecular weight is 905 g/mol. The van der Waals surface area contributed by atoms with Crippen molar-refractivity contribution in [1.82, 2.24) is 10.6 Å². The number of hydrogen-bond acceptors (Lipinski definition) is 10. The summed E-state index contributed by atoms with van der Waals surface area (Å²) in [6.45, 7) is 19.7. The van der Waals surface area contributed by atoms with Crippen molar-refractivity contribution >= 4 is 58.8 Å². The molecule has 0 fully saturated rings. The molecule has 4 atom stereocenters. The Balaban J connectivity index is 0.